The molecule has 0 aliphatic carbocycles. The average Bonchev–Trinajstić information content (AvgIpc) is 2.34. The molecule has 0 aliphatic rings. The fraction of sp³-hybridized carbons (Fsp3) is 0.364. The Balaban J connectivity index is 2.52. The highest BCUT2D eigenvalue weighted by molar-refractivity contribution is 7.80. The van der Waals surface area contributed by atoms with Crippen molar-refractivity contribution in [2.45, 2.75) is 13.0 Å². The quantitative estimate of drug-likeness (QED) is 0.369. The smallest absolute Gasteiger partial charge is 0.303 e. The van der Waals surface area contributed by atoms with Crippen molar-refractivity contribution in [1.29, 1.82) is 0 Å². The Morgan fingerprint density at radius 2 is 2.06 bits per heavy atom. The number of nitro benzene ring substituents is 1. The minimum Gasteiger partial charge on any atom is -0.490 e. The van der Waals surface area contributed by atoms with Crippen molar-refractivity contribution in [1.82, 2.24) is 0 Å². The van der Waals surface area contributed by atoms with E-state index in [2.05, 4.69) is 12.6 Å². The molecule has 0 radical (unpaired) electrons. The fourth-order valence-electron chi connectivity index (χ4n) is 1.21. The first-order valence-corrected chi connectivity index (χ1v) is 5.81. The lowest BCUT2D eigenvalue weighted by atomic mass is 10.3. The number of hydrogen-bond donors (Lipinski definition) is 1. The van der Waals surface area contributed by atoms with Crippen molar-refractivity contribution in [3.05, 3.63) is 34.4 Å². The first kappa shape index (κ1) is 14.3. The summed E-state index contributed by atoms with van der Waals surface area (Å²) in [5.74, 6) is 0.410. The van der Waals surface area contributed by atoms with Gasteiger partial charge in [0.1, 0.15) is 18.5 Å². The van der Waals surface area contributed by atoms with Crippen LogP contribution in [0.3, 0.4) is 0 Å². The first-order chi connectivity index (χ1) is 8.52. The molecule has 0 N–H and O–H groups in total. The molecule has 1 unspecified atom stereocenters. The van der Waals surface area contributed by atoms with Gasteiger partial charge in [-0.25, -0.2) is 0 Å². The predicted molar refractivity (Wildman–Crippen MR) is 68.0 cm³/mol. The van der Waals surface area contributed by atoms with E-state index < -0.39 is 17.0 Å². The van der Waals surface area contributed by atoms with E-state index in [1.165, 1.54) is 31.2 Å². The molecule has 7 heteroatoms. The monoisotopic (exact) mass is 271 g/mol. The van der Waals surface area contributed by atoms with Crippen LogP contribution < -0.4 is 4.74 Å². The summed E-state index contributed by atoms with van der Waals surface area (Å²) in [7, 11) is 0. The first-order valence-electron chi connectivity index (χ1n) is 5.18. The third-order valence-corrected chi connectivity index (χ3v) is 2.43. The van der Waals surface area contributed by atoms with Gasteiger partial charge in [0.05, 0.1) is 4.92 Å². The molecular formula is C11H13NO5S. The number of non-ortho nitro benzene ring substituents is 1. The zero-order chi connectivity index (χ0) is 13.5. The molecule has 1 rings (SSSR count). The van der Waals surface area contributed by atoms with Gasteiger partial charge in [-0.2, -0.15) is 12.6 Å². The van der Waals surface area contributed by atoms with Crippen molar-refractivity contribution in [2.24, 2.45) is 0 Å². The van der Waals surface area contributed by atoms with Gasteiger partial charge < -0.3 is 9.47 Å². The second-order valence-corrected chi connectivity index (χ2v) is 3.84. The minimum atomic E-state index is -0.487. The van der Waals surface area contributed by atoms with E-state index in [4.69, 9.17) is 9.47 Å². The van der Waals surface area contributed by atoms with E-state index >= 15 is 0 Å². The summed E-state index contributed by atoms with van der Waals surface area (Å²) in [5, 5.41) is 10.4. The standard InChI is InChI=1S/C11H13NO5S/c1-8(13)17-11(7-18)6-16-10-4-2-9(3-5-10)12(14)15/h2-5,11,18H,6-7H2,1H3. The maximum Gasteiger partial charge on any atom is 0.303 e. The molecule has 1 atom stereocenters. The second-order valence-electron chi connectivity index (χ2n) is 3.48. The number of thiol groups is 1. The molecule has 0 saturated heterocycles. The summed E-state index contributed by atoms with van der Waals surface area (Å²) >= 11 is 4.03. The summed E-state index contributed by atoms with van der Waals surface area (Å²) < 4.78 is 10.3. The van der Waals surface area contributed by atoms with E-state index in [0.29, 0.717) is 11.5 Å². The molecule has 0 heterocycles. The van der Waals surface area contributed by atoms with E-state index in [1.807, 2.05) is 0 Å². The Morgan fingerprint density at radius 1 is 1.44 bits per heavy atom. The van der Waals surface area contributed by atoms with Crippen molar-refractivity contribution in [3.63, 3.8) is 0 Å². The van der Waals surface area contributed by atoms with Gasteiger partial charge in [0.25, 0.3) is 5.69 Å². The molecule has 0 aromatic heterocycles. The normalized spacial score (nSPS) is 11.7. The Labute approximate surface area is 109 Å². The summed E-state index contributed by atoms with van der Waals surface area (Å²) in [4.78, 5) is 20.7. The molecule has 0 fully saturated rings. The molecule has 0 aliphatic heterocycles. The molecule has 1 aromatic carbocycles. The predicted octanol–water partition coefficient (Wildman–Crippen LogP) is 1.84. The lowest BCUT2D eigenvalue weighted by molar-refractivity contribution is -0.384. The minimum absolute atomic E-state index is 0.00641. The van der Waals surface area contributed by atoms with Crippen LogP contribution in [0, 0.1) is 10.1 Å². The van der Waals surface area contributed by atoms with Crippen LogP contribution >= 0.6 is 12.6 Å². The van der Waals surface area contributed by atoms with Crippen LogP contribution in [-0.2, 0) is 9.53 Å². The van der Waals surface area contributed by atoms with Crippen LogP contribution in [0.1, 0.15) is 6.92 Å². The highest BCUT2D eigenvalue weighted by Crippen LogP contribution is 2.17. The lowest BCUT2D eigenvalue weighted by Gasteiger charge is -2.15. The van der Waals surface area contributed by atoms with Gasteiger partial charge in [0.15, 0.2) is 0 Å². The van der Waals surface area contributed by atoms with Gasteiger partial charge in [0, 0.05) is 24.8 Å². The van der Waals surface area contributed by atoms with Gasteiger partial charge in [0.2, 0.25) is 0 Å². The zero-order valence-corrected chi connectivity index (χ0v) is 10.6. The molecule has 0 saturated carbocycles. The van der Waals surface area contributed by atoms with Gasteiger partial charge >= 0.3 is 5.97 Å². The molecule has 0 spiro atoms. The number of carbonyl (C=O) groups is 1. The number of nitrogens with zero attached hydrogens (tertiary/aromatic N) is 1. The topological polar surface area (TPSA) is 78.7 Å². The molecule has 98 valence electrons. The van der Waals surface area contributed by atoms with Crippen molar-refractivity contribution in [2.75, 3.05) is 12.4 Å². The Morgan fingerprint density at radius 3 is 2.50 bits per heavy atom. The molecular weight excluding hydrogens is 258 g/mol. The summed E-state index contributed by atoms with van der Waals surface area (Å²) in [6.07, 6.45) is -0.443. The van der Waals surface area contributed by atoms with Crippen LogP contribution in [0.25, 0.3) is 0 Å². The Bertz CT molecular complexity index is 420. The van der Waals surface area contributed by atoms with Crippen molar-refractivity contribution < 1.29 is 19.2 Å². The van der Waals surface area contributed by atoms with Crippen molar-refractivity contribution >= 4 is 24.3 Å². The van der Waals surface area contributed by atoms with Crippen LogP contribution in [0.4, 0.5) is 5.69 Å². The largest absolute Gasteiger partial charge is 0.490 e. The Kier molecular flexibility index (Phi) is 5.44. The van der Waals surface area contributed by atoms with Gasteiger partial charge in [-0.1, -0.05) is 0 Å². The highest BCUT2D eigenvalue weighted by Gasteiger charge is 2.11. The van der Waals surface area contributed by atoms with Crippen LogP contribution in [-0.4, -0.2) is 29.4 Å². The van der Waals surface area contributed by atoms with Crippen LogP contribution in [0.2, 0.25) is 0 Å². The summed E-state index contributed by atoms with van der Waals surface area (Å²) in [6.45, 7) is 1.46. The third kappa shape index (κ3) is 4.62. The van der Waals surface area contributed by atoms with E-state index in [-0.39, 0.29) is 12.3 Å². The maximum absolute atomic E-state index is 10.8. The summed E-state index contributed by atoms with van der Waals surface area (Å²) in [6, 6.07) is 5.66. The number of benzene rings is 1. The van der Waals surface area contributed by atoms with E-state index in [0.717, 1.165) is 0 Å². The van der Waals surface area contributed by atoms with Crippen molar-refractivity contribution in [3.8, 4) is 5.75 Å². The number of esters is 1. The van der Waals surface area contributed by atoms with Gasteiger partial charge in [-0.05, 0) is 12.1 Å². The summed E-state index contributed by atoms with van der Waals surface area (Å²) in [5.41, 5.74) is -0.00641. The van der Waals surface area contributed by atoms with Gasteiger partial charge in [-0.15, -0.1) is 0 Å². The third-order valence-electron chi connectivity index (χ3n) is 2.02. The number of rotatable bonds is 6. The molecule has 0 bridgehead atoms. The van der Waals surface area contributed by atoms with E-state index in [1.54, 1.807) is 0 Å². The Hall–Kier alpha value is -1.76. The second kappa shape index (κ2) is 6.85. The SMILES string of the molecule is CC(=O)OC(CS)COc1ccc([N+](=O)[O-])cc1. The van der Waals surface area contributed by atoms with E-state index in [9.17, 15) is 14.9 Å². The maximum atomic E-state index is 10.8. The molecule has 0 amide bonds. The fourth-order valence-corrected chi connectivity index (χ4v) is 1.39. The van der Waals surface area contributed by atoms with Gasteiger partial charge in [-0.3, -0.25) is 14.9 Å². The number of carbonyl (C=O) groups excluding carboxylic acids is 1. The molecule has 18 heavy (non-hydrogen) atoms. The number of ether oxygens (including phenoxy) is 2. The number of nitro groups is 1. The molecule has 6 nitrogen and oxygen atoms in total. The number of hydrogen-bond acceptors (Lipinski definition) is 6. The molecule has 1 aromatic rings. The van der Waals surface area contributed by atoms with Crippen LogP contribution in [0.5, 0.6) is 5.75 Å². The van der Waals surface area contributed by atoms with Crippen LogP contribution in [0.15, 0.2) is 24.3 Å². The average molecular weight is 271 g/mol. The highest BCUT2D eigenvalue weighted by atomic mass is 32.1. The zero-order valence-electron chi connectivity index (χ0n) is 9.74. The lowest BCUT2D eigenvalue weighted by Crippen LogP contribution is -2.25.